The van der Waals surface area contributed by atoms with E-state index >= 15 is 0 Å². The zero-order valence-electron chi connectivity index (χ0n) is 18.4. The molecule has 0 aliphatic carbocycles. The molecular formula is C24H25FN2O4S. The van der Waals surface area contributed by atoms with Gasteiger partial charge >= 0.3 is 0 Å². The number of anilines is 1. The first kappa shape index (κ1) is 23.3. The molecule has 0 saturated heterocycles. The molecule has 0 N–H and O–H groups in total. The molecule has 0 spiro atoms. The standard InChI is InChI=1S/C24H25FN2O4S/c1-17-13-14-19(32(29,30)27(3)22-11-7-8-12-23(22)31-4)15-20(17)24(28)26(2)16-18-9-5-6-10-21(18)25/h5-15H,16H2,1-4H3. The third kappa shape index (κ3) is 4.60. The first-order valence-corrected chi connectivity index (χ1v) is 11.3. The van der Waals surface area contributed by atoms with Gasteiger partial charge in [-0.05, 0) is 42.8 Å². The summed E-state index contributed by atoms with van der Waals surface area (Å²) in [6.07, 6.45) is 0. The Bertz CT molecular complexity index is 1240. The molecule has 0 aliphatic heterocycles. The Kier molecular flexibility index (Phi) is 6.84. The highest BCUT2D eigenvalue weighted by atomic mass is 32.2. The van der Waals surface area contributed by atoms with E-state index < -0.39 is 21.7 Å². The van der Waals surface area contributed by atoms with Crippen LogP contribution in [0.25, 0.3) is 0 Å². The van der Waals surface area contributed by atoms with Crippen molar-refractivity contribution in [3.63, 3.8) is 0 Å². The minimum Gasteiger partial charge on any atom is -0.495 e. The fourth-order valence-electron chi connectivity index (χ4n) is 3.33. The van der Waals surface area contributed by atoms with Gasteiger partial charge in [-0.1, -0.05) is 36.4 Å². The van der Waals surface area contributed by atoms with E-state index in [1.165, 1.54) is 37.3 Å². The summed E-state index contributed by atoms with van der Waals surface area (Å²) in [7, 11) is 0.481. The van der Waals surface area contributed by atoms with Crippen LogP contribution >= 0.6 is 0 Å². The van der Waals surface area contributed by atoms with Gasteiger partial charge in [-0.3, -0.25) is 9.10 Å². The Morgan fingerprint density at radius 1 is 1.00 bits per heavy atom. The number of ether oxygens (including phenoxy) is 1. The number of sulfonamides is 1. The average molecular weight is 457 g/mol. The summed E-state index contributed by atoms with van der Waals surface area (Å²) in [6.45, 7) is 1.79. The van der Waals surface area contributed by atoms with Gasteiger partial charge in [-0.15, -0.1) is 0 Å². The number of methoxy groups -OCH3 is 1. The maximum atomic E-state index is 14.0. The topological polar surface area (TPSA) is 66.9 Å². The molecule has 3 rings (SSSR count). The number of carbonyl (C=O) groups excluding carboxylic acids is 1. The molecule has 0 fully saturated rings. The highest BCUT2D eigenvalue weighted by molar-refractivity contribution is 7.92. The van der Waals surface area contributed by atoms with E-state index in [4.69, 9.17) is 4.74 Å². The summed E-state index contributed by atoms with van der Waals surface area (Å²) in [5.74, 6) is -0.395. The molecular weight excluding hydrogens is 431 g/mol. The molecule has 3 aromatic rings. The molecule has 32 heavy (non-hydrogen) atoms. The Morgan fingerprint density at radius 2 is 1.66 bits per heavy atom. The van der Waals surface area contributed by atoms with Crippen molar-refractivity contribution in [3.05, 3.63) is 89.2 Å². The quantitative estimate of drug-likeness (QED) is 0.533. The van der Waals surface area contributed by atoms with Crippen molar-refractivity contribution in [1.29, 1.82) is 0 Å². The minimum atomic E-state index is -3.97. The summed E-state index contributed by atoms with van der Waals surface area (Å²) in [6, 6.07) is 17.4. The number of rotatable bonds is 7. The Hall–Kier alpha value is -3.39. The van der Waals surface area contributed by atoms with E-state index in [1.807, 2.05) is 0 Å². The van der Waals surface area contributed by atoms with Gasteiger partial charge in [0.1, 0.15) is 11.6 Å². The van der Waals surface area contributed by atoms with Crippen molar-refractivity contribution in [3.8, 4) is 5.75 Å². The van der Waals surface area contributed by atoms with Gasteiger partial charge in [-0.2, -0.15) is 0 Å². The molecule has 8 heteroatoms. The Balaban J connectivity index is 1.94. The van der Waals surface area contributed by atoms with Crippen LogP contribution in [0.5, 0.6) is 5.75 Å². The average Bonchev–Trinajstić information content (AvgIpc) is 2.79. The van der Waals surface area contributed by atoms with Gasteiger partial charge in [0.15, 0.2) is 0 Å². The van der Waals surface area contributed by atoms with Gasteiger partial charge in [0.2, 0.25) is 0 Å². The summed E-state index contributed by atoms with van der Waals surface area (Å²) in [5, 5.41) is 0. The molecule has 1 amide bonds. The number of carbonyl (C=O) groups is 1. The molecule has 0 atom stereocenters. The minimum absolute atomic E-state index is 0.0286. The van der Waals surface area contributed by atoms with Crippen LogP contribution in [0.2, 0.25) is 0 Å². The number of halogens is 1. The normalized spacial score (nSPS) is 11.2. The first-order valence-electron chi connectivity index (χ1n) is 9.88. The monoisotopic (exact) mass is 456 g/mol. The number of benzene rings is 3. The van der Waals surface area contributed by atoms with Gasteiger partial charge in [0, 0.05) is 31.8 Å². The second-order valence-corrected chi connectivity index (χ2v) is 9.34. The molecule has 168 valence electrons. The van der Waals surface area contributed by atoms with Crippen LogP contribution in [0.1, 0.15) is 21.5 Å². The smallest absolute Gasteiger partial charge is 0.264 e. The van der Waals surface area contributed by atoms with Crippen molar-refractivity contribution in [2.45, 2.75) is 18.4 Å². The van der Waals surface area contributed by atoms with Crippen molar-refractivity contribution >= 4 is 21.6 Å². The van der Waals surface area contributed by atoms with E-state index in [0.29, 0.717) is 22.6 Å². The Morgan fingerprint density at radius 3 is 2.34 bits per heavy atom. The van der Waals surface area contributed by atoms with Gasteiger partial charge < -0.3 is 9.64 Å². The fraction of sp³-hybridized carbons (Fsp3) is 0.208. The molecule has 0 heterocycles. The summed E-state index contributed by atoms with van der Waals surface area (Å²) >= 11 is 0. The van der Waals surface area contributed by atoms with E-state index in [1.54, 1.807) is 62.5 Å². The third-order valence-electron chi connectivity index (χ3n) is 5.23. The van der Waals surface area contributed by atoms with Crippen molar-refractivity contribution in [2.24, 2.45) is 0 Å². The Labute approximate surface area is 187 Å². The molecule has 6 nitrogen and oxygen atoms in total. The third-order valence-corrected chi connectivity index (χ3v) is 7.00. The lowest BCUT2D eigenvalue weighted by atomic mass is 10.1. The second kappa shape index (κ2) is 9.40. The van der Waals surface area contributed by atoms with Gasteiger partial charge in [0.05, 0.1) is 17.7 Å². The summed E-state index contributed by atoms with van der Waals surface area (Å²) in [4.78, 5) is 14.4. The van der Waals surface area contributed by atoms with Crippen LogP contribution in [-0.2, 0) is 16.6 Å². The lowest BCUT2D eigenvalue weighted by molar-refractivity contribution is 0.0783. The molecule has 0 aromatic heterocycles. The van der Waals surface area contributed by atoms with Crippen LogP contribution in [0.15, 0.2) is 71.6 Å². The van der Waals surface area contributed by atoms with Crippen LogP contribution in [0.4, 0.5) is 10.1 Å². The van der Waals surface area contributed by atoms with Crippen molar-refractivity contribution in [2.75, 3.05) is 25.5 Å². The molecule has 0 aliphatic rings. The number of amides is 1. The highest BCUT2D eigenvalue weighted by Gasteiger charge is 2.26. The molecule has 0 bridgehead atoms. The zero-order valence-corrected chi connectivity index (χ0v) is 19.2. The lowest BCUT2D eigenvalue weighted by Crippen LogP contribution is -2.29. The van der Waals surface area contributed by atoms with E-state index in [9.17, 15) is 17.6 Å². The molecule has 0 unspecified atom stereocenters. The number of para-hydroxylation sites is 2. The summed E-state index contributed by atoms with van der Waals surface area (Å²) in [5.41, 5.74) is 1.61. The maximum absolute atomic E-state index is 14.0. The molecule has 0 saturated carbocycles. The van der Waals surface area contributed by atoms with Crippen LogP contribution in [0.3, 0.4) is 0 Å². The van der Waals surface area contributed by atoms with Gasteiger partial charge in [-0.25, -0.2) is 12.8 Å². The SMILES string of the molecule is COc1ccccc1N(C)S(=O)(=O)c1ccc(C)c(C(=O)N(C)Cc2ccccc2F)c1. The van der Waals surface area contributed by atoms with Crippen LogP contribution < -0.4 is 9.04 Å². The summed E-state index contributed by atoms with van der Waals surface area (Å²) < 4.78 is 47.0. The highest BCUT2D eigenvalue weighted by Crippen LogP contribution is 2.31. The zero-order chi connectivity index (χ0) is 23.5. The molecule has 0 radical (unpaired) electrons. The predicted molar refractivity (Wildman–Crippen MR) is 122 cm³/mol. The van der Waals surface area contributed by atoms with Crippen LogP contribution in [0, 0.1) is 12.7 Å². The largest absolute Gasteiger partial charge is 0.495 e. The number of aryl methyl sites for hydroxylation is 1. The van der Waals surface area contributed by atoms with Crippen molar-refractivity contribution < 1.29 is 22.3 Å². The van der Waals surface area contributed by atoms with Gasteiger partial charge in [0.25, 0.3) is 15.9 Å². The van der Waals surface area contributed by atoms with E-state index in [0.717, 1.165) is 4.31 Å². The number of hydrogen-bond donors (Lipinski definition) is 0. The lowest BCUT2D eigenvalue weighted by Gasteiger charge is -2.23. The number of nitrogens with zero attached hydrogens (tertiary/aromatic N) is 2. The van der Waals surface area contributed by atoms with E-state index in [-0.39, 0.29) is 17.0 Å². The van der Waals surface area contributed by atoms with Crippen LogP contribution in [-0.4, -0.2) is 40.4 Å². The molecule has 3 aromatic carbocycles. The fourth-order valence-corrected chi connectivity index (χ4v) is 4.56. The number of hydrogen-bond acceptors (Lipinski definition) is 4. The van der Waals surface area contributed by atoms with Crippen molar-refractivity contribution in [1.82, 2.24) is 4.90 Å². The van der Waals surface area contributed by atoms with E-state index in [2.05, 4.69) is 0 Å². The predicted octanol–water partition coefficient (Wildman–Crippen LogP) is 4.24. The first-order chi connectivity index (χ1) is 15.2. The maximum Gasteiger partial charge on any atom is 0.264 e. The second-order valence-electron chi connectivity index (χ2n) is 7.37.